The van der Waals surface area contributed by atoms with Crippen molar-refractivity contribution >= 4 is 65.6 Å². The summed E-state index contributed by atoms with van der Waals surface area (Å²) >= 11 is 0. The normalized spacial score (nSPS) is 15.8. The van der Waals surface area contributed by atoms with Gasteiger partial charge in [-0.05, 0) is 64.6 Å². The Morgan fingerprint density at radius 3 is 1.46 bits per heavy atom. The van der Waals surface area contributed by atoms with Crippen LogP contribution in [0.2, 0.25) is 0 Å². The minimum Gasteiger partial charge on any atom is -0.456 e. The molecule has 0 atom stereocenters. The molecule has 0 unspecified atom stereocenters. The van der Waals surface area contributed by atoms with E-state index in [4.69, 9.17) is 35.8 Å². The van der Waals surface area contributed by atoms with Crippen LogP contribution in [0.15, 0.2) is 192 Å². The Hall–Kier alpha value is -7.83. The molecular formula is C51H31N5O. The minimum absolute atomic E-state index is 0.188. The van der Waals surface area contributed by atoms with E-state index in [0.717, 1.165) is 36.8 Å². The van der Waals surface area contributed by atoms with Crippen LogP contribution in [-0.2, 0) is 0 Å². The molecule has 0 radical (unpaired) electrons. The molecule has 0 saturated heterocycles. The molecule has 0 aliphatic heterocycles. The molecule has 4 heterocycles. The average molecular weight is 746 g/mol. The molecule has 0 amide bonds. The van der Waals surface area contributed by atoms with Crippen molar-refractivity contribution in [3.05, 3.63) is 188 Å². The highest BCUT2D eigenvalue weighted by Crippen LogP contribution is 2.39. The van der Waals surface area contributed by atoms with Gasteiger partial charge >= 0.3 is 0 Å². The Balaban J connectivity index is 1.19. The van der Waals surface area contributed by atoms with E-state index in [-0.39, 0.29) is 55.0 Å². The summed E-state index contributed by atoms with van der Waals surface area (Å²) < 4.78 is 151. The first kappa shape index (κ1) is 19.7. The topological polar surface area (TPSA) is 61.7 Å². The van der Waals surface area contributed by atoms with Gasteiger partial charge in [-0.3, -0.25) is 9.13 Å². The van der Waals surface area contributed by atoms with Gasteiger partial charge in [-0.2, -0.15) is 15.0 Å². The number of benzene rings is 8. The van der Waals surface area contributed by atoms with Crippen LogP contribution in [0.4, 0.5) is 0 Å². The van der Waals surface area contributed by atoms with E-state index in [1.165, 1.54) is 0 Å². The fourth-order valence-corrected chi connectivity index (χ4v) is 7.60. The molecule has 12 rings (SSSR count). The number of hydrogen-bond acceptors (Lipinski definition) is 4. The van der Waals surface area contributed by atoms with Crippen molar-refractivity contribution < 1.29 is 26.3 Å². The summed E-state index contributed by atoms with van der Waals surface area (Å²) in [7, 11) is 0. The average Bonchev–Trinajstić information content (AvgIpc) is 4.10. The maximum absolute atomic E-state index is 9.20. The lowest BCUT2D eigenvalue weighted by molar-refractivity contribution is 0.669. The lowest BCUT2D eigenvalue weighted by atomic mass is 9.97. The van der Waals surface area contributed by atoms with Crippen LogP contribution < -0.4 is 0 Å². The van der Waals surface area contributed by atoms with Gasteiger partial charge in [0, 0.05) is 37.9 Å². The number of rotatable bonds is 5. The quantitative estimate of drug-likeness (QED) is 0.176. The SMILES string of the molecule is [2H]c1c([2H])c([2H])c2c(c1[2H])c1c([2H])c([2H])c([2H])c([2H])c1n2-c1nc(-c2ccc3c(c2)oc2cccc(-c4ccc(-c5ccccc5)cc4)c23)nc(-n2c3c([2H])c([2H])c([2H])c([2H])c3c3c([2H])c([2H])c([2H])c([2H])c32)n1. The zero-order chi connectivity index (χ0) is 51.4. The predicted molar refractivity (Wildman–Crippen MR) is 232 cm³/mol. The summed E-state index contributed by atoms with van der Waals surface area (Å²) in [6.07, 6.45) is 0. The van der Waals surface area contributed by atoms with Crippen LogP contribution >= 0.6 is 0 Å². The van der Waals surface area contributed by atoms with Crippen molar-refractivity contribution in [2.24, 2.45) is 0 Å². The first-order valence-corrected chi connectivity index (χ1v) is 17.8. The molecule has 0 saturated carbocycles. The van der Waals surface area contributed by atoms with E-state index in [0.29, 0.717) is 16.6 Å². The molecule has 57 heavy (non-hydrogen) atoms. The third-order valence-electron chi connectivity index (χ3n) is 10.1. The van der Waals surface area contributed by atoms with Crippen molar-refractivity contribution in [2.45, 2.75) is 0 Å². The van der Waals surface area contributed by atoms with Crippen molar-refractivity contribution in [2.75, 3.05) is 0 Å². The summed E-state index contributed by atoms with van der Waals surface area (Å²) in [5.74, 6) is -1.16. The Morgan fingerprint density at radius 1 is 0.404 bits per heavy atom. The molecule has 0 aliphatic carbocycles. The van der Waals surface area contributed by atoms with Crippen molar-refractivity contribution in [3.63, 3.8) is 0 Å². The van der Waals surface area contributed by atoms with Gasteiger partial charge in [-0.1, -0.05) is 145 Å². The lowest BCUT2D eigenvalue weighted by Gasteiger charge is -2.12. The molecule has 6 nitrogen and oxygen atoms in total. The largest absolute Gasteiger partial charge is 0.456 e. The van der Waals surface area contributed by atoms with E-state index in [1.54, 1.807) is 18.2 Å². The van der Waals surface area contributed by atoms with E-state index >= 15 is 0 Å². The maximum atomic E-state index is 9.20. The second-order valence-corrected chi connectivity index (χ2v) is 13.3. The van der Waals surface area contributed by atoms with E-state index in [2.05, 4.69) is 0 Å². The zero-order valence-corrected chi connectivity index (χ0v) is 29.3. The van der Waals surface area contributed by atoms with Gasteiger partial charge in [0.1, 0.15) is 11.2 Å². The standard InChI is InChI=1S/C51H31N5O/c1-2-13-32(14-3-1)33-25-27-34(28-26-33)36-19-12-24-46-48(36)41-30-29-35(31-47(41)57-46)49-52-50(55-42-20-8-4-15-37(42)38-16-5-9-21-43(38)55)54-51(53-49)56-44-22-10-6-17-39(44)40-18-7-11-23-45(40)56/h1-31H/i4D,5D,6D,7D,8D,9D,10D,11D,15D,16D,17D,18D,20D,21D,22D,23D. The number of hydrogen-bond donors (Lipinski definition) is 0. The van der Waals surface area contributed by atoms with E-state index in [9.17, 15) is 5.48 Å². The van der Waals surface area contributed by atoms with Gasteiger partial charge in [0.15, 0.2) is 5.82 Å². The van der Waals surface area contributed by atoms with Crippen molar-refractivity contribution in [3.8, 4) is 45.5 Å². The molecule has 4 aromatic heterocycles. The number of fused-ring (bicyclic) bond motifs is 9. The second-order valence-electron chi connectivity index (χ2n) is 13.3. The molecule has 0 spiro atoms. The fraction of sp³-hybridized carbons (Fsp3) is 0. The van der Waals surface area contributed by atoms with E-state index < -0.39 is 109 Å². The monoisotopic (exact) mass is 745 g/mol. The highest BCUT2D eigenvalue weighted by molar-refractivity contribution is 6.13. The van der Waals surface area contributed by atoms with Crippen LogP contribution in [-0.4, -0.2) is 24.1 Å². The van der Waals surface area contributed by atoms with Gasteiger partial charge in [0.05, 0.1) is 44.0 Å². The highest BCUT2D eigenvalue weighted by atomic mass is 16.3. The van der Waals surface area contributed by atoms with Gasteiger partial charge in [-0.25, -0.2) is 0 Å². The Kier molecular flexibility index (Phi) is 4.26. The first-order chi connectivity index (χ1) is 34.9. The number of aromatic nitrogens is 5. The molecule has 0 fully saturated rings. The van der Waals surface area contributed by atoms with Crippen LogP contribution in [0.25, 0.3) is 111 Å². The van der Waals surface area contributed by atoms with Crippen LogP contribution in [0.1, 0.15) is 21.9 Å². The second kappa shape index (κ2) is 12.3. The third kappa shape index (κ3) is 4.87. The highest BCUT2D eigenvalue weighted by Gasteiger charge is 2.21. The summed E-state index contributed by atoms with van der Waals surface area (Å²) in [5, 5.41) is 0.420. The molecule has 266 valence electrons. The Labute approximate surface area is 349 Å². The van der Waals surface area contributed by atoms with Gasteiger partial charge in [0.25, 0.3) is 0 Å². The van der Waals surface area contributed by atoms with Gasteiger partial charge in [-0.15, -0.1) is 0 Å². The summed E-state index contributed by atoms with van der Waals surface area (Å²) in [4.78, 5) is 14.5. The summed E-state index contributed by atoms with van der Waals surface area (Å²) in [6.45, 7) is 0. The zero-order valence-electron chi connectivity index (χ0n) is 45.3. The number of furan rings is 1. The van der Waals surface area contributed by atoms with Gasteiger partial charge in [0.2, 0.25) is 11.9 Å². The number of nitrogens with zero attached hydrogens (tertiary/aromatic N) is 5. The van der Waals surface area contributed by atoms with Crippen molar-refractivity contribution in [1.82, 2.24) is 24.1 Å². The molecule has 0 bridgehead atoms. The molecule has 0 N–H and O–H groups in total. The first-order valence-electron chi connectivity index (χ1n) is 25.8. The molecule has 12 aromatic rings. The summed E-state index contributed by atoms with van der Waals surface area (Å²) in [6, 6.07) is 18.3. The minimum atomic E-state index is -0.706. The molecule has 0 aliphatic rings. The molecule has 6 heteroatoms. The van der Waals surface area contributed by atoms with E-state index in [1.807, 2.05) is 72.8 Å². The molecular weight excluding hydrogens is 699 g/mol. The lowest BCUT2D eigenvalue weighted by Crippen LogP contribution is -2.10. The maximum Gasteiger partial charge on any atom is 0.240 e. The van der Waals surface area contributed by atoms with Crippen molar-refractivity contribution in [1.29, 1.82) is 0 Å². The van der Waals surface area contributed by atoms with Crippen LogP contribution in [0.5, 0.6) is 0 Å². The smallest absolute Gasteiger partial charge is 0.240 e. The Bertz CT molecular complexity index is 4120. The van der Waals surface area contributed by atoms with Gasteiger partial charge < -0.3 is 4.42 Å². The third-order valence-corrected chi connectivity index (χ3v) is 10.1. The fourth-order valence-electron chi connectivity index (χ4n) is 7.60. The summed E-state index contributed by atoms with van der Waals surface area (Å²) in [5.41, 5.74) is 3.76. The molecule has 8 aromatic carbocycles. The predicted octanol–water partition coefficient (Wildman–Crippen LogP) is 13.0. The number of para-hydroxylation sites is 4. The van der Waals surface area contributed by atoms with Crippen LogP contribution in [0.3, 0.4) is 0 Å². The Morgan fingerprint density at radius 2 is 0.895 bits per heavy atom. The van der Waals surface area contributed by atoms with Crippen LogP contribution in [0, 0.1) is 0 Å².